The Bertz CT molecular complexity index is 772. The van der Waals surface area contributed by atoms with Crippen LogP contribution in [0.25, 0.3) is 10.9 Å². The summed E-state index contributed by atoms with van der Waals surface area (Å²) in [6.45, 7) is 1.04. The Labute approximate surface area is 145 Å². The summed E-state index contributed by atoms with van der Waals surface area (Å²) in [5.41, 5.74) is 1.86. The van der Waals surface area contributed by atoms with Crippen molar-refractivity contribution in [3.05, 3.63) is 30.0 Å². The number of piperidine rings is 1. The SMILES string of the molecule is O=C(O)N1CCC(c2ccc3cnn(C4CCCCO4)c3c2)C(F)C1. The summed E-state index contributed by atoms with van der Waals surface area (Å²) in [4.78, 5) is 12.2. The van der Waals surface area contributed by atoms with Crippen LogP contribution in [0.4, 0.5) is 9.18 Å². The lowest BCUT2D eigenvalue weighted by Crippen LogP contribution is -2.43. The third-order valence-corrected chi connectivity index (χ3v) is 5.29. The van der Waals surface area contributed by atoms with Crippen molar-refractivity contribution in [2.75, 3.05) is 19.7 Å². The molecule has 0 aliphatic carbocycles. The van der Waals surface area contributed by atoms with Gasteiger partial charge in [-0.15, -0.1) is 0 Å². The van der Waals surface area contributed by atoms with Crippen molar-refractivity contribution < 1.29 is 19.0 Å². The fourth-order valence-corrected chi connectivity index (χ4v) is 3.89. The fraction of sp³-hybridized carbons (Fsp3) is 0.556. The second-order valence-electron chi connectivity index (χ2n) is 6.87. The summed E-state index contributed by atoms with van der Waals surface area (Å²) >= 11 is 0. The molecule has 1 N–H and O–H groups in total. The van der Waals surface area contributed by atoms with Gasteiger partial charge < -0.3 is 14.7 Å². The Hall–Kier alpha value is -2.15. The number of halogens is 1. The Morgan fingerprint density at radius 2 is 2.20 bits per heavy atom. The van der Waals surface area contributed by atoms with Crippen molar-refractivity contribution >= 4 is 17.0 Å². The molecule has 134 valence electrons. The standard InChI is InChI=1S/C18H22FN3O3/c19-15-11-21(18(23)24)7-6-14(15)12-4-5-13-10-20-22(16(13)9-12)17-3-1-2-8-25-17/h4-5,9-10,14-15,17H,1-3,6-8,11H2,(H,23,24). The first kappa shape index (κ1) is 16.3. The van der Waals surface area contributed by atoms with Gasteiger partial charge in [0.25, 0.3) is 0 Å². The third-order valence-electron chi connectivity index (χ3n) is 5.29. The van der Waals surface area contributed by atoms with E-state index in [1.807, 2.05) is 29.1 Å². The number of hydrogen-bond acceptors (Lipinski definition) is 3. The lowest BCUT2D eigenvalue weighted by molar-refractivity contribution is -0.0366. The van der Waals surface area contributed by atoms with Crippen LogP contribution < -0.4 is 0 Å². The highest BCUT2D eigenvalue weighted by Crippen LogP contribution is 2.33. The summed E-state index contributed by atoms with van der Waals surface area (Å²) in [7, 11) is 0. The van der Waals surface area contributed by atoms with E-state index >= 15 is 0 Å². The number of likely N-dealkylation sites (tertiary alicyclic amines) is 1. The fourth-order valence-electron chi connectivity index (χ4n) is 3.89. The molecule has 3 unspecified atom stereocenters. The molecule has 2 fully saturated rings. The molecule has 2 aliphatic rings. The number of carbonyl (C=O) groups is 1. The lowest BCUT2D eigenvalue weighted by Gasteiger charge is -2.33. The maximum Gasteiger partial charge on any atom is 0.407 e. The molecule has 25 heavy (non-hydrogen) atoms. The van der Waals surface area contributed by atoms with Gasteiger partial charge >= 0.3 is 6.09 Å². The molecule has 2 saturated heterocycles. The highest BCUT2D eigenvalue weighted by Gasteiger charge is 2.32. The summed E-state index contributed by atoms with van der Waals surface area (Å²) in [6, 6.07) is 5.89. The summed E-state index contributed by atoms with van der Waals surface area (Å²) in [5, 5.41) is 14.5. The molecule has 2 aliphatic heterocycles. The van der Waals surface area contributed by atoms with Crippen LogP contribution in [-0.2, 0) is 4.74 Å². The Kier molecular flexibility index (Phi) is 4.33. The van der Waals surface area contributed by atoms with Gasteiger partial charge in [0.1, 0.15) is 6.17 Å². The molecule has 1 aromatic carbocycles. The number of ether oxygens (including phenoxy) is 1. The zero-order valence-corrected chi connectivity index (χ0v) is 14.0. The molecule has 3 heterocycles. The average Bonchev–Trinajstić information content (AvgIpc) is 3.05. The lowest BCUT2D eigenvalue weighted by atomic mass is 9.87. The average molecular weight is 347 g/mol. The van der Waals surface area contributed by atoms with Crippen LogP contribution in [0.3, 0.4) is 0 Å². The highest BCUT2D eigenvalue weighted by molar-refractivity contribution is 5.79. The minimum atomic E-state index is -1.19. The first-order valence-corrected chi connectivity index (χ1v) is 8.84. The van der Waals surface area contributed by atoms with Crippen molar-refractivity contribution in [1.82, 2.24) is 14.7 Å². The quantitative estimate of drug-likeness (QED) is 0.902. The molecule has 0 saturated carbocycles. The van der Waals surface area contributed by atoms with Gasteiger partial charge in [0.15, 0.2) is 6.23 Å². The maximum absolute atomic E-state index is 14.6. The van der Waals surface area contributed by atoms with E-state index in [0.717, 1.165) is 47.2 Å². The molecule has 0 radical (unpaired) electrons. The number of alkyl halides is 1. The van der Waals surface area contributed by atoms with Crippen molar-refractivity contribution in [1.29, 1.82) is 0 Å². The molecule has 0 bridgehead atoms. The van der Waals surface area contributed by atoms with Crippen molar-refractivity contribution in [2.45, 2.75) is 44.0 Å². The maximum atomic E-state index is 14.6. The van der Waals surface area contributed by atoms with E-state index in [1.54, 1.807) is 0 Å². The Morgan fingerprint density at radius 3 is 2.92 bits per heavy atom. The molecule has 1 amide bonds. The van der Waals surface area contributed by atoms with Gasteiger partial charge in [0.2, 0.25) is 0 Å². The van der Waals surface area contributed by atoms with Crippen LogP contribution in [0.2, 0.25) is 0 Å². The molecular formula is C18H22FN3O3. The minimum Gasteiger partial charge on any atom is -0.465 e. The number of fused-ring (bicyclic) bond motifs is 1. The Morgan fingerprint density at radius 1 is 1.32 bits per heavy atom. The van der Waals surface area contributed by atoms with Crippen LogP contribution in [0.1, 0.15) is 43.4 Å². The molecule has 7 heteroatoms. The minimum absolute atomic E-state index is 0.0588. The molecular weight excluding hydrogens is 325 g/mol. The number of hydrogen-bond donors (Lipinski definition) is 1. The second kappa shape index (κ2) is 6.63. The van der Waals surface area contributed by atoms with Gasteiger partial charge in [-0.25, -0.2) is 13.9 Å². The molecule has 1 aromatic heterocycles. The number of rotatable bonds is 2. The number of carboxylic acid groups (broad SMARTS) is 1. The number of aromatic nitrogens is 2. The number of benzene rings is 1. The zero-order valence-electron chi connectivity index (χ0n) is 14.0. The summed E-state index contributed by atoms with van der Waals surface area (Å²) in [6.07, 6.45) is 3.14. The zero-order chi connectivity index (χ0) is 17.4. The summed E-state index contributed by atoms with van der Waals surface area (Å²) < 4.78 is 22.3. The smallest absolute Gasteiger partial charge is 0.407 e. The van der Waals surface area contributed by atoms with Crippen LogP contribution in [-0.4, -0.2) is 51.7 Å². The van der Waals surface area contributed by atoms with E-state index < -0.39 is 12.3 Å². The van der Waals surface area contributed by atoms with Crippen LogP contribution in [0, 0.1) is 0 Å². The van der Waals surface area contributed by atoms with E-state index in [1.165, 1.54) is 0 Å². The van der Waals surface area contributed by atoms with E-state index in [2.05, 4.69) is 5.10 Å². The molecule has 4 rings (SSSR count). The van der Waals surface area contributed by atoms with Gasteiger partial charge in [-0.3, -0.25) is 0 Å². The molecule has 0 spiro atoms. The molecule has 2 aromatic rings. The van der Waals surface area contributed by atoms with Crippen molar-refractivity contribution in [2.24, 2.45) is 0 Å². The van der Waals surface area contributed by atoms with Gasteiger partial charge in [-0.2, -0.15) is 5.10 Å². The van der Waals surface area contributed by atoms with Crippen LogP contribution >= 0.6 is 0 Å². The predicted octanol–water partition coefficient (Wildman–Crippen LogP) is 3.54. The topological polar surface area (TPSA) is 67.6 Å². The van der Waals surface area contributed by atoms with E-state index in [9.17, 15) is 9.18 Å². The van der Waals surface area contributed by atoms with Crippen molar-refractivity contribution in [3.8, 4) is 0 Å². The predicted molar refractivity (Wildman–Crippen MR) is 90.4 cm³/mol. The second-order valence-corrected chi connectivity index (χ2v) is 6.87. The van der Waals surface area contributed by atoms with Gasteiger partial charge in [-0.1, -0.05) is 12.1 Å². The largest absolute Gasteiger partial charge is 0.465 e. The number of nitrogens with zero attached hydrogens (tertiary/aromatic N) is 3. The Balaban J connectivity index is 1.61. The third kappa shape index (κ3) is 3.08. The normalized spacial score (nSPS) is 27.6. The summed E-state index contributed by atoms with van der Waals surface area (Å²) in [5.74, 6) is -0.282. The van der Waals surface area contributed by atoms with Gasteiger partial charge in [0, 0.05) is 24.5 Å². The number of amides is 1. The van der Waals surface area contributed by atoms with E-state index in [-0.39, 0.29) is 18.7 Å². The van der Waals surface area contributed by atoms with Crippen LogP contribution in [0.15, 0.2) is 24.4 Å². The van der Waals surface area contributed by atoms with E-state index in [4.69, 9.17) is 9.84 Å². The van der Waals surface area contributed by atoms with E-state index in [0.29, 0.717) is 13.0 Å². The van der Waals surface area contributed by atoms with Gasteiger partial charge in [0.05, 0.1) is 18.3 Å². The first-order chi connectivity index (χ1) is 12.1. The monoisotopic (exact) mass is 347 g/mol. The van der Waals surface area contributed by atoms with Crippen LogP contribution in [0.5, 0.6) is 0 Å². The van der Waals surface area contributed by atoms with Gasteiger partial charge in [-0.05, 0) is 37.3 Å². The molecule has 6 nitrogen and oxygen atoms in total. The molecule has 3 atom stereocenters. The highest BCUT2D eigenvalue weighted by atomic mass is 19.1. The van der Waals surface area contributed by atoms with Crippen molar-refractivity contribution in [3.63, 3.8) is 0 Å². The first-order valence-electron chi connectivity index (χ1n) is 8.84.